The lowest BCUT2D eigenvalue weighted by molar-refractivity contribution is 0.0761. The predicted octanol–water partition coefficient (Wildman–Crippen LogP) is 0.0960. The number of nitrogen functional groups attached to an aromatic ring is 1. The van der Waals surface area contributed by atoms with E-state index in [9.17, 15) is 0 Å². The van der Waals surface area contributed by atoms with Gasteiger partial charge in [-0.25, -0.2) is 9.97 Å². The SMILES string of the molecule is Cc1c(N)ncnc1N1CCOC(C#N)C1. The second-order valence-electron chi connectivity index (χ2n) is 3.64. The van der Waals surface area contributed by atoms with Gasteiger partial charge in [-0.3, -0.25) is 0 Å². The van der Waals surface area contributed by atoms with Crippen molar-refractivity contribution in [3.05, 3.63) is 11.9 Å². The van der Waals surface area contributed by atoms with Gasteiger partial charge in [-0.05, 0) is 6.92 Å². The second kappa shape index (κ2) is 4.33. The van der Waals surface area contributed by atoms with Crippen LogP contribution in [0.1, 0.15) is 5.56 Å². The van der Waals surface area contributed by atoms with Gasteiger partial charge < -0.3 is 15.4 Å². The third-order valence-electron chi connectivity index (χ3n) is 2.61. The lowest BCUT2D eigenvalue weighted by Gasteiger charge is -2.31. The highest BCUT2D eigenvalue weighted by Crippen LogP contribution is 2.21. The number of hydrogen-bond acceptors (Lipinski definition) is 6. The first kappa shape index (κ1) is 10.6. The fourth-order valence-electron chi connectivity index (χ4n) is 1.69. The van der Waals surface area contributed by atoms with Crippen molar-refractivity contribution in [1.82, 2.24) is 9.97 Å². The van der Waals surface area contributed by atoms with Crippen molar-refractivity contribution in [1.29, 1.82) is 5.26 Å². The molecule has 0 aliphatic carbocycles. The summed E-state index contributed by atoms with van der Waals surface area (Å²) in [6.45, 7) is 3.65. The first-order valence-corrected chi connectivity index (χ1v) is 5.05. The summed E-state index contributed by atoms with van der Waals surface area (Å²) in [5.41, 5.74) is 6.57. The molecule has 0 spiro atoms. The Morgan fingerprint density at radius 2 is 2.44 bits per heavy atom. The zero-order valence-electron chi connectivity index (χ0n) is 9.05. The molecule has 1 saturated heterocycles. The summed E-state index contributed by atoms with van der Waals surface area (Å²) in [5, 5.41) is 8.82. The van der Waals surface area contributed by atoms with E-state index in [0.29, 0.717) is 19.0 Å². The van der Waals surface area contributed by atoms with Crippen LogP contribution in [0.15, 0.2) is 6.33 Å². The van der Waals surface area contributed by atoms with Crippen LogP contribution in [0.25, 0.3) is 0 Å². The third kappa shape index (κ3) is 1.90. The Kier molecular flexibility index (Phi) is 2.88. The highest BCUT2D eigenvalue weighted by Gasteiger charge is 2.22. The van der Waals surface area contributed by atoms with Crippen LogP contribution in [0.4, 0.5) is 11.6 Å². The van der Waals surface area contributed by atoms with E-state index in [2.05, 4.69) is 16.0 Å². The molecule has 0 aromatic carbocycles. The van der Waals surface area contributed by atoms with E-state index < -0.39 is 6.10 Å². The lowest BCUT2D eigenvalue weighted by Crippen LogP contribution is -2.42. The van der Waals surface area contributed by atoms with Crippen molar-refractivity contribution in [2.75, 3.05) is 30.3 Å². The molecule has 1 aromatic heterocycles. The van der Waals surface area contributed by atoms with Crippen molar-refractivity contribution < 1.29 is 4.74 Å². The van der Waals surface area contributed by atoms with Gasteiger partial charge in [0.25, 0.3) is 0 Å². The van der Waals surface area contributed by atoms with Crippen LogP contribution in [-0.4, -0.2) is 35.8 Å². The van der Waals surface area contributed by atoms with Crippen molar-refractivity contribution in [3.63, 3.8) is 0 Å². The third-order valence-corrected chi connectivity index (χ3v) is 2.61. The zero-order valence-corrected chi connectivity index (χ0v) is 9.05. The van der Waals surface area contributed by atoms with Crippen LogP contribution in [-0.2, 0) is 4.74 Å². The van der Waals surface area contributed by atoms with Gasteiger partial charge in [0.2, 0.25) is 0 Å². The maximum Gasteiger partial charge on any atom is 0.161 e. The number of anilines is 2. The van der Waals surface area contributed by atoms with Crippen molar-refractivity contribution in [3.8, 4) is 6.07 Å². The minimum atomic E-state index is -0.399. The van der Waals surface area contributed by atoms with E-state index in [1.807, 2.05) is 11.8 Å². The molecule has 2 rings (SSSR count). The number of morpholine rings is 1. The average Bonchev–Trinajstić information content (AvgIpc) is 2.33. The molecule has 1 unspecified atom stereocenters. The number of hydrogen-bond donors (Lipinski definition) is 1. The highest BCUT2D eigenvalue weighted by molar-refractivity contribution is 5.55. The molecule has 0 radical (unpaired) electrons. The fourth-order valence-corrected chi connectivity index (χ4v) is 1.69. The zero-order chi connectivity index (χ0) is 11.5. The van der Waals surface area contributed by atoms with Crippen LogP contribution in [0.5, 0.6) is 0 Å². The van der Waals surface area contributed by atoms with Crippen LogP contribution >= 0.6 is 0 Å². The Balaban J connectivity index is 2.24. The average molecular weight is 219 g/mol. The molecule has 1 aromatic rings. The summed E-state index contributed by atoms with van der Waals surface area (Å²) in [6, 6.07) is 2.10. The van der Waals surface area contributed by atoms with Crippen LogP contribution in [0, 0.1) is 18.3 Å². The summed E-state index contributed by atoms with van der Waals surface area (Å²) in [4.78, 5) is 10.1. The second-order valence-corrected chi connectivity index (χ2v) is 3.64. The Morgan fingerprint density at radius 3 is 3.19 bits per heavy atom. The van der Waals surface area contributed by atoms with E-state index in [0.717, 1.165) is 17.9 Å². The number of nitrogens with two attached hydrogens (primary N) is 1. The maximum atomic E-state index is 8.82. The first-order chi connectivity index (χ1) is 7.72. The largest absolute Gasteiger partial charge is 0.383 e. The van der Waals surface area contributed by atoms with E-state index in [-0.39, 0.29) is 0 Å². The number of ether oxygens (including phenoxy) is 1. The molecule has 6 heteroatoms. The predicted molar refractivity (Wildman–Crippen MR) is 58.7 cm³/mol. The number of nitriles is 1. The minimum Gasteiger partial charge on any atom is -0.383 e. The number of aromatic nitrogens is 2. The van der Waals surface area contributed by atoms with Crippen molar-refractivity contribution >= 4 is 11.6 Å². The Morgan fingerprint density at radius 1 is 1.62 bits per heavy atom. The quantitative estimate of drug-likeness (QED) is 0.720. The molecule has 16 heavy (non-hydrogen) atoms. The van der Waals surface area contributed by atoms with Gasteiger partial charge in [-0.1, -0.05) is 0 Å². The van der Waals surface area contributed by atoms with Crippen molar-refractivity contribution in [2.45, 2.75) is 13.0 Å². The molecular formula is C10H13N5O. The summed E-state index contributed by atoms with van der Waals surface area (Å²) in [6.07, 6.45) is 1.04. The van der Waals surface area contributed by atoms with Gasteiger partial charge >= 0.3 is 0 Å². The Labute approximate surface area is 93.7 Å². The number of rotatable bonds is 1. The summed E-state index contributed by atoms with van der Waals surface area (Å²) >= 11 is 0. The van der Waals surface area contributed by atoms with Gasteiger partial charge in [0.05, 0.1) is 19.2 Å². The molecule has 1 aliphatic rings. The molecular weight excluding hydrogens is 206 g/mol. The Hall–Kier alpha value is -1.87. The van der Waals surface area contributed by atoms with Crippen LogP contribution < -0.4 is 10.6 Å². The topological polar surface area (TPSA) is 88.1 Å². The van der Waals surface area contributed by atoms with E-state index in [1.54, 1.807) is 0 Å². The van der Waals surface area contributed by atoms with Gasteiger partial charge in [0, 0.05) is 12.1 Å². The van der Waals surface area contributed by atoms with Crippen molar-refractivity contribution in [2.24, 2.45) is 0 Å². The van der Waals surface area contributed by atoms with Gasteiger partial charge in [0.1, 0.15) is 18.0 Å². The smallest absolute Gasteiger partial charge is 0.161 e. The van der Waals surface area contributed by atoms with Crippen LogP contribution in [0.2, 0.25) is 0 Å². The van der Waals surface area contributed by atoms with E-state index in [1.165, 1.54) is 6.33 Å². The summed E-state index contributed by atoms with van der Waals surface area (Å²) in [7, 11) is 0. The van der Waals surface area contributed by atoms with E-state index in [4.69, 9.17) is 15.7 Å². The van der Waals surface area contributed by atoms with Gasteiger partial charge in [0.15, 0.2) is 6.10 Å². The molecule has 6 nitrogen and oxygen atoms in total. The fraction of sp³-hybridized carbons (Fsp3) is 0.500. The highest BCUT2D eigenvalue weighted by atomic mass is 16.5. The molecule has 0 amide bonds. The lowest BCUT2D eigenvalue weighted by atomic mass is 10.2. The minimum absolute atomic E-state index is 0.399. The normalized spacial score (nSPS) is 20.5. The molecule has 2 N–H and O–H groups in total. The molecule has 2 heterocycles. The summed E-state index contributed by atoms with van der Waals surface area (Å²) in [5.74, 6) is 1.26. The Bertz CT molecular complexity index is 428. The molecule has 0 bridgehead atoms. The molecule has 1 fully saturated rings. The monoisotopic (exact) mass is 219 g/mol. The maximum absolute atomic E-state index is 8.82. The van der Waals surface area contributed by atoms with Crippen LogP contribution in [0.3, 0.4) is 0 Å². The van der Waals surface area contributed by atoms with E-state index >= 15 is 0 Å². The molecule has 0 saturated carbocycles. The van der Waals surface area contributed by atoms with Gasteiger partial charge in [-0.15, -0.1) is 0 Å². The summed E-state index contributed by atoms with van der Waals surface area (Å²) < 4.78 is 5.27. The molecule has 1 atom stereocenters. The standard InChI is InChI=1S/C10H13N5O/c1-7-9(12)13-6-14-10(7)15-2-3-16-8(4-11)5-15/h6,8H,2-3,5H2,1H3,(H2,12,13,14). The number of nitrogens with zero attached hydrogens (tertiary/aromatic N) is 4. The van der Waals surface area contributed by atoms with Gasteiger partial charge in [-0.2, -0.15) is 5.26 Å². The molecule has 84 valence electrons. The molecule has 1 aliphatic heterocycles. The first-order valence-electron chi connectivity index (χ1n) is 5.05.